The van der Waals surface area contributed by atoms with Gasteiger partial charge in [-0.2, -0.15) is 5.10 Å². The van der Waals surface area contributed by atoms with Gasteiger partial charge in [0, 0.05) is 32.4 Å². The van der Waals surface area contributed by atoms with Crippen molar-refractivity contribution in [2.24, 2.45) is 7.05 Å². The Morgan fingerprint density at radius 3 is 3.00 bits per heavy atom. The number of aryl methyl sites for hydroxylation is 1. The summed E-state index contributed by atoms with van der Waals surface area (Å²) < 4.78 is 1.73. The van der Waals surface area contributed by atoms with E-state index in [1.165, 1.54) is 0 Å². The molecule has 0 aliphatic carbocycles. The second-order valence-corrected chi connectivity index (χ2v) is 4.19. The van der Waals surface area contributed by atoms with E-state index in [9.17, 15) is 4.79 Å². The third-order valence-electron chi connectivity index (χ3n) is 2.44. The minimum atomic E-state index is -0.218. The summed E-state index contributed by atoms with van der Waals surface area (Å²) in [5.41, 5.74) is 1.33. The zero-order valence-corrected chi connectivity index (χ0v) is 10.7. The van der Waals surface area contributed by atoms with Gasteiger partial charge in [-0.3, -0.25) is 9.48 Å². The molecule has 6 heteroatoms. The van der Waals surface area contributed by atoms with Crippen molar-refractivity contribution in [1.82, 2.24) is 20.1 Å². The molecule has 0 aliphatic rings. The van der Waals surface area contributed by atoms with Crippen LogP contribution >= 0.6 is 11.6 Å². The maximum Gasteiger partial charge on any atom is 0.254 e. The lowest BCUT2D eigenvalue weighted by Crippen LogP contribution is -2.26. The molecule has 0 unspecified atom stereocenters. The third kappa shape index (κ3) is 3.07. The number of nitrogens with zero attached hydrogens (tertiary/aromatic N) is 3. The van der Waals surface area contributed by atoms with Crippen LogP contribution in [0.15, 0.2) is 30.6 Å². The summed E-state index contributed by atoms with van der Waals surface area (Å²) in [7, 11) is 1.86. The van der Waals surface area contributed by atoms with Gasteiger partial charge >= 0.3 is 0 Å². The molecule has 0 aromatic carbocycles. The molecule has 2 aromatic heterocycles. The zero-order chi connectivity index (χ0) is 13.0. The van der Waals surface area contributed by atoms with Gasteiger partial charge in [-0.1, -0.05) is 11.6 Å². The molecule has 2 heterocycles. The second-order valence-electron chi connectivity index (χ2n) is 3.83. The van der Waals surface area contributed by atoms with Gasteiger partial charge in [0.2, 0.25) is 0 Å². The molecule has 0 radical (unpaired) electrons. The van der Waals surface area contributed by atoms with E-state index < -0.39 is 0 Å². The summed E-state index contributed by atoms with van der Waals surface area (Å²) in [5, 5.41) is 7.23. The molecule has 1 amide bonds. The Hall–Kier alpha value is -1.88. The lowest BCUT2D eigenvalue weighted by atomic mass is 10.2. The van der Waals surface area contributed by atoms with Gasteiger partial charge < -0.3 is 5.32 Å². The number of carbonyl (C=O) groups excluding carboxylic acids is 1. The lowest BCUT2D eigenvalue weighted by molar-refractivity contribution is 0.0954. The van der Waals surface area contributed by atoms with E-state index in [0.717, 1.165) is 5.69 Å². The van der Waals surface area contributed by atoms with Gasteiger partial charge in [0.05, 0.1) is 11.3 Å². The van der Waals surface area contributed by atoms with Crippen molar-refractivity contribution in [3.8, 4) is 0 Å². The average molecular weight is 265 g/mol. The van der Waals surface area contributed by atoms with Crippen LogP contribution in [-0.4, -0.2) is 27.2 Å². The first-order chi connectivity index (χ1) is 8.66. The second kappa shape index (κ2) is 5.64. The lowest BCUT2D eigenvalue weighted by Gasteiger charge is -2.04. The minimum absolute atomic E-state index is 0.216. The van der Waals surface area contributed by atoms with Crippen LogP contribution in [0.2, 0.25) is 5.15 Å². The summed E-state index contributed by atoms with van der Waals surface area (Å²) in [6.45, 7) is 0.515. The topological polar surface area (TPSA) is 59.8 Å². The van der Waals surface area contributed by atoms with Gasteiger partial charge in [-0.05, 0) is 18.2 Å². The van der Waals surface area contributed by atoms with Gasteiger partial charge in [0.1, 0.15) is 5.15 Å². The zero-order valence-electron chi connectivity index (χ0n) is 9.93. The Bertz CT molecular complexity index is 553. The Kier molecular flexibility index (Phi) is 3.94. The van der Waals surface area contributed by atoms with E-state index in [1.807, 2.05) is 19.3 Å². The SMILES string of the molecule is Cn1ccc(CCNC(=O)c2cccnc2Cl)n1. The average Bonchev–Trinajstić information content (AvgIpc) is 2.75. The molecule has 94 valence electrons. The molecule has 0 atom stereocenters. The van der Waals surface area contributed by atoms with E-state index in [4.69, 9.17) is 11.6 Å². The van der Waals surface area contributed by atoms with Crippen LogP contribution in [0.25, 0.3) is 0 Å². The first-order valence-electron chi connectivity index (χ1n) is 5.54. The Labute approximate surface area is 110 Å². The highest BCUT2D eigenvalue weighted by atomic mass is 35.5. The van der Waals surface area contributed by atoms with Crippen molar-refractivity contribution < 1.29 is 4.79 Å². The molecule has 0 bridgehead atoms. The van der Waals surface area contributed by atoms with Crippen LogP contribution < -0.4 is 5.32 Å². The van der Waals surface area contributed by atoms with Crippen LogP contribution in [0, 0.1) is 0 Å². The maximum atomic E-state index is 11.8. The van der Waals surface area contributed by atoms with E-state index in [-0.39, 0.29) is 11.1 Å². The quantitative estimate of drug-likeness (QED) is 0.850. The number of aromatic nitrogens is 3. The van der Waals surface area contributed by atoms with Gasteiger partial charge in [-0.15, -0.1) is 0 Å². The Morgan fingerprint density at radius 1 is 1.50 bits per heavy atom. The Morgan fingerprint density at radius 2 is 2.33 bits per heavy atom. The third-order valence-corrected chi connectivity index (χ3v) is 2.74. The van der Waals surface area contributed by atoms with Crippen LogP contribution in [0.5, 0.6) is 0 Å². The number of amides is 1. The highest BCUT2D eigenvalue weighted by molar-refractivity contribution is 6.32. The molecule has 18 heavy (non-hydrogen) atoms. The summed E-state index contributed by atoms with van der Waals surface area (Å²) in [5.74, 6) is -0.218. The number of rotatable bonds is 4. The molecule has 2 aromatic rings. The molecule has 2 rings (SSSR count). The predicted octanol–water partition coefficient (Wildman–Crippen LogP) is 1.44. The number of hydrogen-bond acceptors (Lipinski definition) is 3. The van der Waals surface area contributed by atoms with Crippen LogP contribution in [-0.2, 0) is 13.5 Å². The van der Waals surface area contributed by atoms with Crippen molar-refractivity contribution in [2.75, 3.05) is 6.54 Å². The molecular weight excluding hydrogens is 252 g/mol. The first kappa shape index (κ1) is 12.6. The van der Waals surface area contributed by atoms with Gasteiger partial charge in [0.15, 0.2) is 0 Å². The van der Waals surface area contributed by atoms with Crippen LogP contribution in [0.3, 0.4) is 0 Å². The molecule has 0 fully saturated rings. The minimum Gasteiger partial charge on any atom is -0.352 e. The van der Waals surface area contributed by atoms with E-state index in [1.54, 1.807) is 23.0 Å². The molecule has 0 saturated carbocycles. The summed E-state index contributed by atoms with van der Waals surface area (Å²) in [6.07, 6.45) is 4.10. The van der Waals surface area contributed by atoms with Gasteiger partial charge in [-0.25, -0.2) is 4.98 Å². The fourth-order valence-corrected chi connectivity index (χ4v) is 1.76. The standard InChI is InChI=1S/C12H13ClN4O/c1-17-8-5-9(16-17)4-7-15-12(18)10-3-2-6-14-11(10)13/h2-3,5-6,8H,4,7H2,1H3,(H,15,18). The van der Waals surface area contributed by atoms with Crippen molar-refractivity contribution in [3.63, 3.8) is 0 Å². The smallest absolute Gasteiger partial charge is 0.254 e. The summed E-state index contributed by atoms with van der Waals surface area (Å²) >= 11 is 5.83. The molecule has 0 saturated heterocycles. The van der Waals surface area contributed by atoms with Gasteiger partial charge in [0.25, 0.3) is 5.91 Å². The van der Waals surface area contributed by atoms with Crippen LogP contribution in [0.4, 0.5) is 0 Å². The van der Waals surface area contributed by atoms with E-state index in [0.29, 0.717) is 18.5 Å². The molecule has 1 N–H and O–H groups in total. The fraction of sp³-hybridized carbons (Fsp3) is 0.250. The molecule has 5 nitrogen and oxygen atoms in total. The number of hydrogen-bond donors (Lipinski definition) is 1. The monoisotopic (exact) mass is 264 g/mol. The van der Waals surface area contributed by atoms with E-state index in [2.05, 4.69) is 15.4 Å². The highest BCUT2D eigenvalue weighted by Gasteiger charge is 2.09. The van der Waals surface area contributed by atoms with Crippen molar-refractivity contribution in [2.45, 2.75) is 6.42 Å². The number of carbonyl (C=O) groups is 1. The van der Waals surface area contributed by atoms with E-state index >= 15 is 0 Å². The molecule has 0 aliphatic heterocycles. The fourth-order valence-electron chi connectivity index (χ4n) is 1.55. The largest absolute Gasteiger partial charge is 0.352 e. The normalized spacial score (nSPS) is 10.3. The highest BCUT2D eigenvalue weighted by Crippen LogP contribution is 2.10. The molecule has 0 spiro atoms. The van der Waals surface area contributed by atoms with Crippen molar-refractivity contribution >= 4 is 17.5 Å². The van der Waals surface area contributed by atoms with Crippen molar-refractivity contribution in [3.05, 3.63) is 47.0 Å². The number of halogens is 1. The number of nitrogens with one attached hydrogen (secondary N) is 1. The summed E-state index contributed by atoms with van der Waals surface area (Å²) in [6, 6.07) is 5.24. The first-order valence-corrected chi connectivity index (χ1v) is 5.92. The predicted molar refractivity (Wildman–Crippen MR) is 68.5 cm³/mol. The Balaban J connectivity index is 1.87. The van der Waals surface area contributed by atoms with Crippen LogP contribution in [0.1, 0.15) is 16.1 Å². The number of pyridine rings is 1. The summed E-state index contributed by atoms with van der Waals surface area (Å²) in [4.78, 5) is 15.7. The molecular formula is C12H13ClN4O. The maximum absolute atomic E-state index is 11.8. The van der Waals surface area contributed by atoms with Crippen molar-refractivity contribution in [1.29, 1.82) is 0 Å².